The quantitative estimate of drug-likeness (QED) is 0.0581. The molecule has 0 spiro atoms. The van der Waals surface area contributed by atoms with Gasteiger partial charge in [0.15, 0.2) is 0 Å². The zero-order valence-corrected chi connectivity index (χ0v) is 78.0. The van der Waals surface area contributed by atoms with Gasteiger partial charge in [-0.05, 0) is 129 Å². The molecule has 9 aromatic heterocycles. The average molecular weight is 1770 g/mol. The highest BCUT2D eigenvalue weighted by Crippen LogP contribution is 2.37. The van der Waals surface area contributed by atoms with E-state index in [-0.39, 0.29) is 42.5 Å². The Kier molecular flexibility index (Phi) is 30.5. The van der Waals surface area contributed by atoms with Gasteiger partial charge < -0.3 is 59.4 Å². The van der Waals surface area contributed by atoms with Crippen LogP contribution in [0, 0.1) is 0 Å². The van der Waals surface area contributed by atoms with E-state index in [4.69, 9.17) is 5.11 Å². The first-order chi connectivity index (χ1) is 62.1. The number of carboxylic acid groups (broad SMARTS) is 1. The lowest BCUT2D eigenvalue weighted by atomic mass is 9.98. The fourth-order valence-corrected chi connectivity index (χ4v) is 19.0. The van der Waals surface area contributed by atoms with Crippen molar-refractivity contribution in [2.24, 2.45) is 0 Å². The van der Waals surface area contributed by atoms with Crippen LogP contribution >= 0.6 is 0 Å². The van der Waals surface area contributed by atoms with Crippen molar-refractivity contribution in [3.63, 3.8) is 0 Å². The van der Waals surface area contributed by atoms with Gasteiger partial charge in [0.25, 0.3) is 11.8 Å². The number of aliphatic carboxylic acids is 1. The number of carbonyl (C=O) groups excluding carboxylic acids is 6. The van der Waals surface area contributed by atoms with Gasteiger partial charge in [-0.15, -0.1) is 0 Å². The van der Waals surface area contributed by atoms with Gasteiger partial charge >= 0.3 is 30.1 Å². The Morgan fingerprint density at radius 1 is 0.302 bits per heavy atom. The molecule has 11 aliphatic heterocycles. The van der Waals surface area contributed by atoms with E-state index in [1.807, 2.05) is 53.9 Å². The van der Waals surface area contributed by atoms with E-state index in [0.717, 1.165) is 197 Å². The minimum absolute atomic E-state index is 0.0207. The number of carboxylic acids is 1. The number of nitrogens with zero attached hydrogens (tertiary/aromatic N) is 20. The Balaban J connectivity index is 0.000000122. The summed E-state index contributed by atoms with van der Waals surface area (Å²) in [5, 5.41) is 63.9. The summed E-state index contributed by atoms with van der Waals surface area (Å²) >= 11 is 0. The number of H-pyrrole nitrogens is 7. The molecule has 36 nitrogen and oxygen atoms in total. The van der Waals surface area contributed by atoms with Crippen molar-refractivity contribution >= 4 is 41.9 Å². The molecule has 0 radical (unpaired) electrons. The summed E-state index contributed by atoms with van der Waals surface area (Å²) < 4.78 is 0. The molecular weight excluding hydrogens is 1640 g/mol. The van der Waals surface area contributed by atoms with Crippen LogP contribution in [0.3, 0.4) is 0 Å². The minimum atomic E-state index is -0.771. The zero-order chi connectivity index (χ0) is 91.4. The number of hydrogen-bond acceptors (Lipinski definition) is 18. The van der Waals surface area contributed by atoms with Gasteiger partial charge in [0, 0.05) is 142 Å². The molecule has 20 rings (SSSR count). The molecule has 0 bridgehead atoms. The van der Waals surface area contributed by atoms with Crippen molar-refractivity contribution in [3.8, 4) is 0 Å². The molecule has 36 heteroatoms. The highest BCUT2D eigenvalue weighted by atomic mass is 16.4. The molecular formula is C93H134N28O8. The number of pyridine rings is 2. The summed E-state index contributed by atoms with van der Waals surface area (Å²) in [7, 11) is 0. The third-order valence-electron chi connectivity index (χ3n) is 25.8. The van der Waals surface area contributed by atoms with E-state index in [1.165, 1.54) is 51.8 Å². The smallest absolute Gasteiger partial charge is 0.320 e. The number of carbonyl (C=O) groups is 7. The Labute approximate surface area is 756 Å². The maximum atomic E-state index is 12.5. The van der Waals surface area contributed by atoms with Gasteiger partial charge in [-0.1, -0.05) is 96.9 Å². The molecule has 4 saturated heterocycles. The minimum Gasteiger partial charge on any atom is -0.480 e. The summed E-state index contributed by atoms with van der Waals surface area (Å²) in [4.78, 5) is 114. The van der Waals surface area contributed by atoms with E-state index in [0.29, 0.717) is 138 Å². The number of likely N-dealkylation sites (tertiary alicyclic amines) is 3. The molecule has 20 heterocycles. The predicted molar refractivity (Wildman–Crippen MR) is 486 cm³/mol. The maximum absolute atomic E-state index is 12.5. The van der Waals surface area contributed by atoms with Gasteiger partial charge in [0.1, 0.15) is 0 Å². The number of nitrogens with one attached hydrogen (secondary N) is 8. The lowest BCUT2D eigenvalue weighted by Crippen LogP contribution is -2.50. The molecule has 0 unspecified atom stereocenters. The number of aromatic nitrogens is 16. The van der Waals surface area contributed by atoms with Crippen LogP contribution in [0.5, 0.6) is 0 Å². The number of piperazine rings is 1. The standard InChI is InChI=1S/2C14H16N4O.2C14H22N4O.C13H21N5O.C13H20N4O.C11H17N3O2/c1-9(2)13-11-7-18(8-12(11)16-17-13)14(19)10-3-5-15-6-4-10;1-9(2)13-11-7-18(8-12(11)16-17-13)14(19)10-4-3-5-15-6-10;2*1-10(2)13-11-8-18(9-12(11)15-16-13)14(19)17-6-4-3-5-7-17;1-9(2)12-10-7-18(8-11(10)15-16-12)13(19)17-5-3-14-4-6-17;1-9(2)12-10-7-17(8-11(10)14-15-12)13(18)16-5-3-4-6-16;1-7(2)11-8-3-4-14(6-10(15)16)5-9(8)12-13-11/h2*3-6,9H,7-8H2,1-2H3,(H,16,17);2*10H,3-9H2,1-2H3,(H,15,16);9,14H,3-8H2,1-2H3,(H,15,16);9H,3-8H2,1-2H3,(H,14,15);7H,3-6H2,1-2H3,(H,12,13)(H,15,16). The summed E-state index contributed by atoms with van der Waals surface area (Å²) in [6, 6.07) is 7.80. The highest BCUT2D eigenvalue weighted by Gasteiger charge is 2.39. The van der Waals surface area contributed by atoms with Crippen molar-refractivity contribution in [1.82, 2.24) is 141 Å². The first-order valence-corrected chi connectivity index (χ1v) is 46.7. The van der Waals surface area contributed by atoms with Crippen molar-refractivity contribution in [3.05, 3.63) is 179 Å². The first kappa shape index (κ1) is 93.3. The molecule has 129 heavy (non-hydrogen) atoms. The Morgan fingerprint density at radius 2 is 0.581 bits per heavy atom. The number of rotatable bonds is 11. The fraction of sp³-hybridized carbons (Fsp3) is 0.591. The number of amides is 10. The number of aromatic amines is 7. The maximum Gasteiger partial charge on any atom is 0.320 e. The third-order valence-corrected chi connectivity index (χ3v) is 25.8. The Bertz CT molecular complexity index is 4980. The van der Waals surface area contributed by atoms with Gasteiger partial charge in [-0.2, -0.15) is 35.7 Å². The SMILES string of the molecule is CC(C)c1n[nH]c2c1CCN(CC(=O)O)C2.CC(C)c1n[nH]c2c1CN(C(=O)N1CCCC1)C2.CC(C)c1n[nH]c2c1CN(C(=O)N1CCCCC1)C2.CC(C)c1n[nH]c2c1CN(C(=O)N1CCCCC1)C2.CC(C)c1n[nH]c2c1CN(C(=O)N1CCNCC1)C2.CC(C)c1n[nH]c2c1CN(C(=O)c1cccnc1)C2.CC(C)c1n[nH]c2c1CN(C(=O)c1ccncc1)C2. The van der Waals surface area contributed by atoms with Crippen LogP contribution in [0.4, 0.5) is 19.2 Å². The van der Waals surface area contributed by atoms with Crippen molar-refractivity contribution in [2.75, 3.05) is 78.5 Å². The second-order valence-corrected chi connectivity index (χ2v) is 37.8. The van der Waals surface area contributed by atoms with Gasteiger partial charge in [0.2, 0.25) is 0 Å². The number of fused-ring (bicyclic) bond motifs is 7. The molecule has 0 aromatic carbocycles. The van der Waals surface area contributed by atoms with E-state index >= 15 is 0 Å². The fourth-order valence-electron chi connectivity index (χ4n) is 19.0. The molecule has 9 aromatic rings. The third kappa shape index (κ3) is 21.9. The van der Waals surface area contributed by atoms with Crippen LogP contribution in [-0.4, -0.2) is 261 Å². The lowest BCUT2D eigenvalue weighted by molar-refractivity contribution is -0.138. The van der Waals surface area contributed by atoms with Crippen molar-refractivity contribution in [1.29, 1.82) is 0 Å². The molecule has 11 aliphatic rings. The lowest BCUT2D eigenvalue weighted by Gasteiger charge is -2.31. The normalized spacial score (nSPS) is 17.2. The molecule has 0 atom stereocenters. The second kappa shape index (κ2) is 42.2. The van der Waals surface area contributed by atoms with Gasteiger partial charge in [-0.3, -0.25) is 64.9 Å². The van der Waals surface area contributed by atoms with Gasteiger partial charge in [0.05, 0.1) is 170 Å². The van der Waals surface area contributed by atoms with Crippen LogP contribution in [0.25, 0.3) is 0 Å². The summed E-state index contributed by atoms with van der Waals surface area (Å²) in [6.45, 7) is 48.3. The topological polar surface area (TPSA) is 414 Å². The first-order valence-electron chi connectivity index (χ1n) is 46.7. The van der Waals surface area contributed by atoms with Crippen molar-refractivity contribution in [2.45, 2.75) is 281 Å². The number of hydrogen-bond donors (Lipinski definition) is 9. The number of urea groups is 4. The molecule has 10 amide bonds. The molecule has 0 saturated carbocycles. The van der Waals surface area contributed by atoms with Crippen molar-refractivity contribution < 1.29 is 38.7 Å². The van der Waals surface area contributed by atoms with E-state index < -0.39 is 5.97 Å². The summed E-state index contributed by atoms with van der Waals surface area (Å²) in [5.41, 5.74) is 25.2. The monoisotopic (exact) mass is 1770 g/mol. The zero-order valence-electron chi connectivity index (χ0n) is 78.0. The van der Waals surface area contributed by atoms with E-state index in [9.17, 15) is 33.6 Å². The molecule has 0 aliphatic carbocycles. The van der Waals surface area contributed by atoms with Crippen LogP contribution < -0.4 is 5.32 Å². The van der Waals surface area contributed by atoms with Gasteiger partial charge in [-0.25, -0.2) is 19.2 Å². The van der Waals surface area contributed by atoms with Crippen LogP contribution in [0.15, 0.2) is 49.1 Å². The predicted octanol–water partition coefficient (Wildman–Crippen LogP) is 13.0. The second-order valence-electron chi connectivity index (χ2n) is 37.8. The largest absolute Gasteiger partial charge is 0.480 e. The van der Waals surface area contributed by atoms with E-state index in [1.54, 1.807) is 49.1 Å². The summed E-state index contributed by atoms with van der Waals surface area (Å²) in [6.07, 6.45) is 16.8. The molecule has 9 N–H and O–H groups in total. The molecule has 694 valence electrons. The Morgan fingerprint density at radius 3 is 0.884 bits per heavy atom. The summed E-state index contributed by atoms with van der Waals surface area (Å²) in [5.74, 6) is 2.08. The van der Waals surface area contributed by atoms with Crippen LogP contribution in [-0.2, 0) is 96.3 Å². The average Bonchev–Trinajstić information content (AvgIpc) is 1.65. The van der Waals surface area contributed by atoms with E-state index in [2.05, 4.69) is 184 Å². The number of piperidine rings is 2. The Hall–Kier alpha value is -11.8. The molecule has 4 fully saturated rings. The van der Waals surface area contributed by atoms with Crippen LogP contribution in [0.1, 0.15) is 329 Å². The highest BCUT2D eigenvalue weighted by molar-refractivity contribution is 5.95. The van der Waals surface area contributed by atoms with Crippen LogP contribution in [0.2, 0.25) is 0 Å².